The first-order chi connectivity index (χ1) is 6.27. The molecular weight excluding hydrogens is 164 g/mol. The topological polar surface area (TPSA) is 55.0 Å². The van der Waals surface area contributed by atoms with Gasteiger partial charge in [-0.25, -0.2) is 9.97 Å². The van der Waals surface area contributed by atoms with Crippen molar-refractivity contribution in [2.75, 3.05) is 23.7 Å². The Bertz CT molecular complexity index is 244. The summed E-state index contributed by atoms with van der Waals surface area (Å²) in [5, 5.41) is 0. The van der Waals surface area contributed by atoms with Crippen LogP contribution in [-0.2, 0) is 0 Å². The van der Waals surface area contributed by atoms with Crippen LogP contribution in [0.2, 0.25) is 0 Å². The van der Waals surface area contributed by atoms with Gasteiger partial charge in [-0.05, 0) is 13.3 Å². The summed E-state index contributed by atoms with van der Waals surface area (Å²) >= 11 is 0. The smallest absolute Gasteiger partial charge is 0.147 e. The fourth-order valence-electron chi connectivity index (χ4n) is 1.20. The molecule has 0 aliphatic carbocycles. The number of aromatic nitrogens is 2. The van der Waals surface area contributed by atoms with Crippen molar-refractivity contribution in [3.63, 3.8) is 0 Å². The summed E-state index contributed by atoms with van der Waals surface area (Å²) in [4.78, 5) is 10.4. The van der Waals surface area contributed by atoms with Crippen molar-refractivity contribution >= 4 is 11.6 Å². The molecule has 0 amide bonds. The molecule has 1 rings (SSSR count). The number of hydrogen-bond donors (Lipinski definition) is 1. The molecule has 0 unspecified atom stereocenters. The summed E-state index contributed by atoms with van der Waals surface area (Å²) in [7, 11) is 0. The molecule has 1 aromatic heterocycles. The minimum atomic E-state index is 0.469. The Balaban J connectivity index is 2.73. The molecule has 0 saturated heterocycles. The quantitative estimate of drug-likeness (QED) is 0.758. The van der Waals surface area contributed by atoms with Crippen molar-refractivity contribution in [1.29, 1.82) is 0 Å². The van der Waals surface area contributed by atoms with Crippen LogP contribution in [0, 0.1) is 0 Å². The average molecular weight is 180 g/mol. The first-order valence-corrected chi connectivity index (χ1v) is 4.60. The van der Waals surface area contributed by atoms with Gasteiger partial charge in [-0.15, -0.1) is 0 Å². The monoisotopic (exact) mass is 180 g/mol. The molecule has 2 N–H and O–H groups in total. The number of nitrogens with zero attached hydrogens (tertiary/aromatic N) is 3. The average Bonchev–Trinajstić information content (AvgIpc) is 2.16. The lowest BCUT2D eigenvalue weighted by Crippen LogP contribution is -2.24. The van der Waals surface area contributed by atoms with Gasteiger partial charge < -0.3 is 10.6 Å². The van der Waals surface area contributed by atoms with Gasteiger partial charge >= 0.3 is 0 Å². The normalized spacial score (nSPS) is 10.0. The molecule has 0 bridgehead atoms. The van der Waals surface area contributed by atoms with Crippen LogP contribution in [0.15, 0.2) is 12.4 Å². The van der Waals surface area contributed by atoms with Crippen LogP contribution in [0.1, 0.15) is 20.3 Å². The van der Waals surface area contributed by atoms with Crippen LogP contribution in [0.3, 0.4) is 0 Å². The Morgan fingerprint density at radius 2 is 2.08 bits per heavy atom. The maximum absolute atomic E-state index is 5.45. The maximum Gasteiger partial charge on any atom is 0.147 e. The highest BCUT2D eigenvalue weighted by Gasteiger charge is 2.03. The van der Waals surface area contributed by atoms with Crippen LogP contribution in [0.25, 0.3) is 0 Å². The van der Waals surface area contributed by atoms with E-state index in [0.717, 1.165) is 25.3 Å². The highest BCUT2D eigenvalue weighted by Crippen LogP contribution is 2.09. The molecule has 1 heterocycles. The highest BCUT2D eigenvalue weighted by atomic mass is 15.2. The lowest BCUT2D eigenvalue weighted by atomic mass is 10.4. The number of nitrogens with two attached hydrogens (primary N) is 1. The van der Waals surface area contributed by atoms with Crippen LogP contribution in [0.5, 0.6) is 0 Å². The zero-order valence-electron chi connectivity index (χ0n) is 8.20. The fourth-order valence-corrected chi connectivity index (χ4v) is 1.20. The Morgan fingerprint density at radius 1 is 1.31 bits per heavy atom. The molecule has 4 heteroatoms. The van der Waals surface area contributed by atoms with E-state index in [9.17, 15) is 0 Å². The molecule has 72 valence electrons. The van der Waals surface area contributed by atoms with Crippen molar-refractivity contribution in [3.05, 3.63) is 12.4 Å². The lowest BCUT2D eigenvalue weighted by Gasteiger charge is -2.20. The van der Waals surface area contributed by atoms with E-state index in [1.807, 2.05) is 0 Å². The molecule has 4 nitrogen and oxygen atoms in total. The molecule has 0 atom stereocenters. The van der Waals surface area contributed by atoms with Gasteiger partial charge in [0.05, 0.1) is 12.4 Å². The van der Waals surface area contributed by atoms with Crippen molar-refractivity contribution in [2.24, 2.45) is 0 Å². The molecule has 13 heavy (non-hydrogen) atoms. The zero-order valence-corrected chi connectivity index (χ0v) is 8.20. The predicted molar refractivity (Wildman–Crippen MR) is 54.6 cm³/mol. The molecule has 1 aromatic rings. The van der Waals surface area contributed by atoms with Gasteiger partial charge in [-0.2, -0.15) is 0 Å². The molecule has 0 spiro atoms. The second-order valence-corrected chi connectivity index (χ2v) is 2.88. The largest absolute Gasteiger partial charge is 0.382 e. The van der Waals surface area contributed by atoms with Crippen LogP contribution in [-0.4, -0.2) is 23.1 Å². The summed E-state index contributed by atoms with van der Waals surface area (Å²) in [5.74, 6) is 1.37. The van der Waals surface area contributed by atoms with Crippen molar-refractivity contribution in [1.82, 2.24) is 9.97 Å². The van der Waals surface area contributed by atoms with E-state index in [1.54, 1.807) is 12.4 Å². The first kappa shape index (κ1) is 9.77. The van der Waals surface area contributed by atoms with Gasteiger partial charge in [0.2, 0.25) is 0 Å². The first-order valence-electron chi connectivity index (χ1n) is 4.60. The summed E-state index contributed by atoms with van der Waals surface area (Å²) in [6.45, 7) is 6.21. The Hall–Kier alpha value is -1.32. The minimum absolute atomic E-state index is 0.469. The van der Waals surface area contributed by atoms with E-state index < -0.39 is 0 Å². The second kappa shape index (κ2) is 4.64. The number of nitrogen functional groups attached to an aromatic ring is 1. The third-order valence-electron chi connectivity index (χ3n) is 1.86. The zero-order chi connectivity index (χ0) is 9.68. The minimum Gasteiger partial charge on any atom is -0.382 e. The van der Waals surface area contributed by atoms with Gasteiger partial charge in [0.15, 0.2) is 0 Å². The Morgan fingerprint density at radius 3 is 2.54 bits per heavy atom. The van der Waals surface area contributed by atoms with Crippen LogP contribution in [0.4, 0.5) is 11.6 Å². The second-order valence-electron chi connectivity index (χ2n) is 2.88. The van der Waals surface area contributed by atoms with Crippen LogP contribution < -0.4 is 10.6 Å². The van der Waals surface area contributed by atoms with Crippen molar-refractivity contribution in [2.45, 2.75) is 20.3 Å². The summed E-state index contributed by atoms with van der Waals surface area (Å²) in [6.07, 6.45) is 4.42. The summed E-state index contributed by atoms with van der Waals surface area (Å²) in [6, 6.07) is 0. The number of anilines is 2. The standard InChI is InChI=1S/C9H16N4/c1-3-5-13(4-2)9-7-11-8(10)6-12-9/h6-7H,3-5H2,1-2H3,(H2,10,11). The molecular formula is C9H16N4. The van der Waals surface area contributed by atoms with E-state index in [4.69, 9.17) is 5.73 Å². The predicted octanol–water partition coefficient (Wildman–Crippen LogP) is 1.30. The number of rotatable bonds is 4. The van der Waals surface area contributed by atoms with E-state index in [-0.39, 0.29) is 0 Å². The summed E-state index contributed by atoms with van der Waals surface area (Å²) < 4.78 is 0. The Labute approximate surface area is 78.8 Å². The van der Waals surface area contributed by atoms with E-state index in [2.05, 4.69) is 28.7 Å². The Kier molecular flexibility index (Phi) is 3.49. The van der Waals surface area contributed by atoms with Crippen molar-refractivity contribution in [3.8, 4) is 0 Å². The lowest BCUT2D eigenvalue weighted by molar-refractivity contribution is 0.776. The summed E-state index contributed by atoms with van der Waals surface area (Å²) in [5.41, 5.74) is 5.45. The van der Waals surface area contributed by atoms with E-state index in [1.165, 1.54) is 0 Å². The fraction of sp³-hybridized carbons (Fsp3) is 0.556. The van der Waals surface area contributed by atoms with Crippen molar-refractivity contribution < 1.29 is 0 Å². The molecule has 0 aliphatic rings. The van der Waals surface area contributed by atoms with Gasteiger partial charge in [-0.1, -0.05) is 6.92 Å². The molecule has 0 fully saturated rings. The van der Waals surface area contributed by atoms with E-state index in [0.29, 0.717) is 5.82 Å². The third-order valence-corrected chi connectivity index (χ3v) is 1.86. The van der Waals surface area contributed by atoms with Gasteiger partial charge in [0.1, 0.15) is 11.6 Å². The maximum atomic E-state index is 5.45. The van der Waals surface area contributed by atoms with Gasteiger partial charge in [-0.3, -0.25) is 0 Å². The van der Waals surface area contributed by atoms with Crippen LogP contribution >= 0.6 is 0 Å². The van der Waals surface area contributed by atoms with E-state index >= 15 is 0 Å². The molecule has 0 aliphatic heterocycles. The molecule has 0 saturated carbocycles. The molecule has 0 aromatic carbocycles. The molecule has 0 radical (unpaired) electrons. The van der Waals surface area contributed by atoms with Gasteiger partial charge in [0, 0.05) is 13.1 Å². The number of hydrogen-bond acceptors (Lipinski definition) is 4. The SMILES string of the molecule is CCCN(CC)c1cnc(N)cn1. The van der Waals surface area contributed by atoms with Gasteiger partial charge in [0.25, 0.3) is 0 Å². The third kappa shape index (κ3) is 2.57. The highest BCUT2D eigenvalue weighted by molar-refractivity contribution is 5.38.